The highest BCUT2D eigenvalue weighted by atomic mass is 35.7. The van der Waals surface area contributed by atoms with Gasteiger partial charge in [0, 0.05) is 10.7 Å². The van der Waals surface area contributed by atoms with Gasteiger partial charge in [0.1, 0.15) is 11.5 Å². The zero-order valence-corrected chi connectivity index (χ0v) is 12.7. The normalized spacial score (nSPS) is 13.0. The molecule has 0 amide bonds. The Morgan fingerprint density at radius 2 is 1.74 bits per heavy atom. The Bertz CT molecular complexity index is 470. The molecule has 1 rings (SSSR count). The fourth-order valence-corrected chi connectivity index (χ4v) is 2.49. The van der Waals surface area contributed by atoms with Crippen LogP contribution in [0.3, 0.4) is 0 Å². The van der Waals surface area contributed by atoms with Crippen molar-refractivity contribution in [3.05, 3.63) is 24.3 Å². The van der Waals surface area contributed by atoms with Gasteiger partial charge in [0.15, 0.2) is 0 Å². The van der Waals surface area contributed by atoms with Gasteiger partial charge in [-0.1, -0.05) is 6.92 Å². The van der Waals surface area contributed by atoms with Crippen LogP contribution in [0.5, 0.6) is 11.5 Å². The molecule has 0 saturated heterocycles. The third-order valence-corrected chi connectivity index (χ3v) is 3.98. The van der Waals surface area contributed by atoms with Crippen molar-refractivity contribution in [2.75, 3.05) is 19.5 Å². The first-order valence-corrected chi connectivity index (χ1v) is 8.58. The van der Waals surface area contributed by atoms with E-state index in [2.05, 4.69) is 0 Å². The van der Waals surface area contributed by atoms with Crippen molar-refractivity contribution in [2.24, 2.45) is 5.92 Å². The van der Waals surface area contributed by atoms with Gasteiger partial charge in [0.25, 0.3) is 0 Å². The van der Waals surface area contributed by atoms with Crippen molar-refractivity contribution >= 4 is 19.7 Å². The minimum absolute atomic E-state index is 0.0122. The quantitative estimate of drug-likeness (QED) is 0.693. The van der Waals surface area contributed by atoms with E-state index in [4.69, 9.17) is 20.2 Å². The lowest BCUT2D eigenvalue weighted by molar-refractivity contribution is 0.281. The monoisotopic (exact) mass is 306 g/mol. The maximum Gasteiger partial charge on any atom is 0.232 e. The number of benzene rings is 1. The summed E-state index contributed by atoms with van der Waals surface area (Å²) in [6.45, 7) is 2.54. The molecule has 1 aromatic carbocycles. The average Bonchev–Trinajstić information content (AvgIpc) is 2.36. The number of methoxy groups -OCH3 is 1. The molecule has 1 aromatic rings. The summed E-state index contributed by atoms with van der Waals surface area (Å²) in [5.41, 5.74) is 0. The van der Waals surface area contributed by atoms with Gasteiger partial charge in [-0.05, 0) is 43.0 Å². The van der Waals surface area contributed by atoms with Gasteiger partial charge in [-0.15, -0.1) is 0 Å². The second kappa shape index (κ2) is 7.60. The summed E-state index contributed by atoms with van der Waals surface area (Å²) in [6, 6.07) is 7.34. The molecule has 0 aliphatic rings. The molecule has 0 aromatic heterocycles. The summed E-state index contributed by atoms with van der Waals surface area (Å²) in [4.78, 5) is 0. The Morgan fingerprint density at radius 3 is 2.26 bits per heavy atom. The van der Waals surface area contributed by atoms with Crippen LogP contribution < -0.4 is 9.47 Å². The van der Waals surface area contributed by atoms with Crippen LogP contribution in [0.25, 0.3) is 0 Å². The molecule has 0 aliphatic carbocycles. The van der Waals surface area contributed by atoms with Crippen LogP contribution in [0.4, 0.5) is 0 Å². The molecule has 19 heavy (non-hydrogen) atoms. The lowest BCUT2D eigenvalue weighted by Gasteiger charge is -2.11. The maximum absolute atomic E-state index is 10.8. The molecule has 1 atom stereocenters. The van der Waals surface area contributed by atoms with Crippen molar-refractivity contribution < 1.29 is 17.9 Å². The predicted molar refractivity (Wildman–Crippen MR) is 76.5 cm³/mol. The Labute approximate surface area is 119 Å². The van der Waals surface area contributed by atoms with Gasteiger partial charge in [0.05, 0.1) is 19.5 Å². The lowest BCUT2D eigenvalue weighted by atomic mass is 10.1. The first kappa shape index (κ1) is 16.1. The molecular formula is C13H19ClO4S. The van der Waals surface area contributed by atoms with Gasteiger partial charge in [-0.3, -0.25) is 0 Å². The Morgan fingerprint density at radius 1 is 1.16 bits per heavy atom. The molecule has 0 saturated carbocycles. The number of halogens is 1. The average molecular weight is 307 g/mol. The third kappa shape index (κ3) is 7.28. The highest BCUT2D eigenvalue weighted by Gasteiger charge is 2.09. The van der Waals surface area contributed by atoms with Crippen molar-refractivity contribution in [3.63, 3.8) is 0 Å². The number of hydrogen-bond donors (Lipinski definition) is 0. The molecule has 0 N–H and O–H groups in total. The topological polar surface area (TPSA) is 52.6 Å². The van der Waals surface area contributed by atoms with E-state index in [0.717, 1.165) is 17.9 Å². The maximum atomic E-state index is 10.8. The molecule has 4 nitrogen and oxygen atoms in total. The molecule has 0 heterocycles. The SMILES string of the molecule is COc1ccc(OCCC(C)CCS(=O)(=O)Cl)cc1. The van der Waals surface area contributed by atoms with Gasteiger partial charge in [-0.2, -0.15) is 0 Å². The second-order valence-corrected chi connectivity index (χ2v) is 7.35. The van der Waals surface area contributed by atoms with Crippen molar-refractivity contribution in [2.45, 2.75) is 19.8 Å². The molecule has 1 unspecified atom stereocenters. The van der Waals surface area contributed by atoms with Crippen molar-refractivity contribution in [1.82, 2.24) is 0 Å². The highest BCUT2D eigenvalue weighted by Crippen LogP contribution is 2.18. The fourth-order valence-electron chi connectivity index (χ4n) is 1.54. The molecule has 0 bridgehead atoms. The van der Waals surface area contributed by atoms with E-state index in [1.807, 2.05) is 31.2 Å². The largest absolute Gasteiger partial charge is 0.497 e. The molecule has 108 valence electrons. The zero-order chi connectivity index (χ0) is 14.3. The smallest absolute Gasteiger partial charge is 0.232 e. The van der Waals surface area contributed by atoms with E-state index in [1.54, 1.807) is 7.11 Å². The van der Waals surface area contributed by atoms with Gasteiger partial charge < -0.3 is 9.47 Å². The van der Waals surface area contributed by atoms with Gasteiger partial charge >= 0.3 is 0 Å². The van der Waals surface area contributed by atoms with Crippen LogP contribution in [0.2, 0.25) is 0 Å². The second-order valence-electron chi connectivity index (χ2n) is 4.45. The van der Waals surface area contributed by atoms with Crippen LogP contribution in [0, 0.1) is 5.92 Å². The minimum atomic E-state index is -3.39. The van der Waals surface area contributed by atoms with E-state index in [9.17, 15) is 8.42 Å². The Balaban J connectivity index is 2.25. The summed E-state index contributed by atoms with van der Waals surface area (Å²) in [7, 11) is 3.39. The number of rotatable bonds is 8. The standard InChI is InChI=1S/C13H19ClO4S/c1-11(8-10-19(14,15)16)7-9-18-13-5-3-12(17-2)4-6-13/h3-6,11H,7-10H2,1-2H3. The highest BCUT2D eigenvalue weighted by molar-refractivity contribution is 8.13. The van der Waals surface area contributed by atoms with Gasteiger partial charge in [-0.25, -0.2) is 8.42 Å². The van der Waals surface area contributed by atoms with Crippen LogP contribution in [0.15, 0.2) is 24.3 Å². The first-order valence-electron chi connectivity index (χ1n) is 6.10. The summed E-state index contributed by atoms with van der Waals surface area (Å²) in [5.74, 6) is 1.83. The van der Waals surface area contributed by atoms with Crippen molar-refractivity contribution in [1.29, 1.82) is 0 Å². The Hall–Kier alpha value is -0.940. The summed E-state index contributed by atoms with van der Waals surface area (Å²) in [6.07, 6.45) is 1.34. The number of hydrogen-bond acceptors (Lipinski definition) is 4. The zero-order valence-electron chi connectivity index (χ0n) is 11.1. The predicted octanol–water partition coefficient (Wildman–Crippen LogP) is 3.06. The summed E-state index contributed by atoms with van der Waals surface area (Å²) in [5, 5.41) is 0. The molecule has 6 heteroatoms. The fraction of sp³-hybridized carbons (Fsp3) is 0.538. The van der Waals surface area contributed by atoms with E-state index >= 15 is 0 Å². The van der Waals surface area contributed by atoms with E-state index in [1.165, 1.54) is 0 Å². The molecule has 0 spiro atoms. The molecule has 0 aliphatic heterocycles. The summed E-state index contributed by atoms with van der Waals surface area (Å²) >= 11 is 0. The van der Waals surface area contributed by atoms with Crippen LogP contribution in [-0.2, 0) is 9.05 Å². The van der Waals surface area contributed by atoms with Crippen molar-refractivity contribution in [3.8, 4) is 11.5 Å². The van der Waals surface area contributed by atoms with Gasteiger partial charge in [0.2, 0.25) is 9.05 Å². The van der Waals surface area contributed by atoms with Crippen LogP contribution in [-0.4, -0.2) is 27.9 Å². The first-order chi connectivity index (χ1) is 8.90. The van der Waals surface area contributed by atoms with E-state index in [-0.39, 0.29) is 11.7 Å². The lowest BCUT2D eigenvalue weighted by Crippen LogP contribution is -2.08. The van der Waals surface area contributed by atoms with Crippen LogP contribution >= 0.6 is 10.7 Å². The van der Waals surface area contributed by atoms with E-state index in [0.29, 0.717) is 13.0 Å². The minimum Gasteiger partial charge on any atom is -0.497 e. The molecule has 0 radical (unpaired) electrons. The molecule has 0 fully saturated rings. The van der Waals surface area contributed by atoms with E-state index < -0.39 is 9.05 Å². The summed E-state index contributed by atoms with van der Waals surface area (Å²) < 4.78 is 32.2. The number of ether oxygens (including phenoxy) is 2. The third-order valence-electron chi connectivity index (χ3n) is 2.79. The Kier molecular flexibility index (Phi) is 6.45. The molecular weight excluding hydrogens is 288 g/mol. The van der Waals surface area contributed by atoms with Crippen LogP contribution in [0.1, 0.15) is 19.8 Å².